The van der Waals surface area contributed by atoms with Crippen molar-refractivity contribution in [3.05, 3.63) is 0 Å². The van der Waals surface area contributed by atoms with Crippen LogP contribution in [-0.4, -0.2) is 62.4 Å². The van der Waals surface area contributed by atoms with Crippen LogP contribution in [0.4, 0.5) is 0 Å². The molecule has 0 aliphatic heterocycles. The molecule has 0 saturated heterocycles. The highest BCUT2D eigenvalue weighted by molar-refractivity contribution is 4.58. The smallest absolute Gasteiger partial charge is 0.0897 e. The van der Waals surface area contributed by atoms with Crippen molar-refractivity contribution in [2.45, 2.75) is 123 Å². The van der Waals surface area contributed by atoms with Gasteiger partial charge in [0.15, 0.2) is 0 Å². The van der Waals surface area contributed by atoms with Gasteiger partial charge in [-0.05, 0) is 6.42 Å². The Morgan fingerprint density at radius 3 is 1.61 bits per heavy atom. The summed E-state index contributed by atoms with van der Waals surface area (Å²) >= 11 is 0. The summed E-state index contributed by atoms with van der Waals surface area (Å²) in [6, 6.07) is 0. The molecule has 0 heterocycles. The van der Waals surface area contributed by atoms with Crippen LogP contribution in [0.3, 0.4) is 0 Å². The maximum atomic E-state index is 9.81. The minimum atomic E-state index is -0.468. The lowest BCUT2D eigenvalue weighted by Gasteiger charge is -2.12. The summed E-state index contributed by atoms with van der Waals surface area (Å²) in [5.41, 5.74) is 0. The Hall–Kier alpha value is -0.200. The van der Waals surface area contributed by atoms with Gasteiger partial charge in [-0.25, -0.2) is 0 Å². The standard InChI is InChI=1S/C24H51NO4.C2H6/c1-2-3-4-5-6-7-8-9-10-11-12-13-14-15-16-19-29-23-24(27)22-25-17-20-28-21-18-26;1-2/h24-27H,2-23H2,1H3;1-2H3. The Bertz CT molecular complexity index is 293. The third kappa shape index (κ3) is 32.1. The second kappa shape index (κ2) is 32.0. The number of hydrogen-bond donors (Lipinski definition) is 3. The van der Waals surface area contributed by atoms with Crippen LogP contribution in [-0.2, 0) is 9.47 Å². The molecule has 0 rings (SSSR count). The molecule has 0 aliphatic carbocycles. The first-order valence-corrected chi connectivity index (χ1v) is 13.5. The first-order chi connectivity index (χ1) is 15.3. The van der Waals surface area contributed by atoms with Gasteiger partial charge in [0.2, 0.25) is 0 Å². The molecule has 190 valence electrons. The predicted molar refractivity (Wildman–Crippen MR) is 134 cm³/mol. The molecule has 0 saturated carbocycles. The van der Waals surface area contributed by atoms with Gasteiger partial charge in [-0.2, -0.15) is 0 Å². The van der Waals surface area contributed by atoms with E-state index in [1.165, 1.54) is 89.9 Å². The fourth-order valence-electron chi connectivity index (χ4n) is 3.43. The third-order valence-electron chi connectivity index (χ3n) is 5.24. The quantitative estimate of drug-likeness (QED) is 0.153. The molecule has 1 atom stereocenters. The zero-order valence-corrected chi connectivity index (χ0v) is 21.3. The van der Waals surface area contributed by atoms with Gasteiger partial charge in [0.05, 0.1) is 32.5 Å². The van der Waals surface area contributed by atoms with Crippen LogP contribution < -0.4 is 5.32 Å². The molecule has 5 nitrogen and oxygen atoms in total. The van der Waals surface area contributed by atoms with E-state index < -0.39 is 6.10 Å². The van der Waals surface area contributed by atoms with Gasteiger partial charge in [-0.15, -0.1) is 0 Å². The maximum Gasteiger partial charge on any atom is 0.0897 e. The second-order valence-corrected chi connectivity index (χ2v) is 8.22. The Morgan fingerprint density at radius 2 is 1.13 bits per heavy atom. The normalized spacial score (nSPS) is 11.9. The Kier molecular flexibility index (Phi) is 34.0. The summed E-state index contributed by atoms with van der Waals surface area (Å²) in [7, 11) is 0. The summed E-state index contributed by atoms with van der Waals surface area (Å²) < 4.78 is 10.7. The lowest BCUT2D eigenvalue weighted by atomic mass is 10.0. The number of nitrogens with one attached hydrogen (secondary N) is 1. The van der Waals surface area contributed by atoms with Crippen molar-refractivity contribution < 1.29 is 19.7 Å². The van der Waals surface area contributed by atoms with Crippen molar-refractivity contribution in [3.8, 4) is 0 Å². The predicted octanol–water partition coefficient (Wildman–Crippen LogP) is 5.86. The highest BCUT2D eigenvalue weighted by Gasteiger charge is 2.03. The Balaban J connectivity index is 0. The van der Waals surface area contributed by atoms with Crippen molar-refractivity contribution in [2.24, 2.45) is 0 Å². The number of ether oxygens (including phenoxy) is 2. The Morgan fingerprint density at radius 1 is 0.645 bits per heavy atom. The van der Waals surface area contributed by atoms with Crippen molar-refractivity contribution in [1.29, 1.82) is 0 Å². The molecule has 31 heavy (non-hydrogen) atoms. The first-order valence-electron chi connectivity index (χ1n) is 13.5. The number of rotatable bonds is 25. The van der Waals surface area contributed by atoms with E-state index in [1.807, 2.05) is 13.8 Å². The van der Waals surface area contributed by atoms with Crippen molar-refractivity contribution >= 4 is 0 Å². The van der Waals surface area contributed by atoms with Gasteiger partial charge < -0.3 is 25.0 Å². The van der Waals surface area contributed by atoms with E-state index >= 15 is 0 Å². The molecule has 5 heteroatoms. The molecule has 0 aromatic rings. The van der Waals surface area contributed by atoms with Gasteiger partial charge in [0.1, 0.15) is 0 Å². The molecular weight excluding hydrogens is 390 g/mol. The van der Waals surface area contributed by atoms with E-state index in [2.05, 4.69) is 12.2 Å². The molecule has 0 radical (unpaired) electrons. The highest BCUT2D eigenvalue weighted by atomic mass is 16.5. The van der Waals surface area contributed by atoms with Crippen LogP contribution in [0.25, 0.3) is 0 Å². The topological polar surface area (TPSA) is 71.0 Å². The lowest BCUT2D eigenvalue weighted by molar-refractivity contribution is 0.0336. The molecule has 3 N–H and O–H groups in total. The van der Waals surface area contributed by atoms with Crippen LogP contribution >= 0.6 is 0 Å². The molecular formula is C26H57NO4. The molecule has 1 unspecified atom stereocenters. The van der Waals surface area contributed by atoms with Gasteiger partial charge in [-0.1, -0.05) is 111 Å². The fourth-order valence-corrected chi connectivity index (χ4v) is 3.43. The summed E-state index contributed by atoms with van der Waals surface area (Å²) in [6.07, 6.45) is 20.1. The van der Waals surface area contributed by atoms with E-state index in [0.29, 0.717) is 32.9 Å². The lowest BCUT2D eigenvalue weighted by Crippen LogP contribution is -2.32. The largest absolute Gasteiger partial charge is 0.394 e. The SMILES string of the molecule is CC.CCCCCCCCCCCCCCCCCOCC(O)CNCCOCCO. The third-order valence-corrected chi connectivity index (χ3v) is 5.24. The minimum Gasteiger partial charge on any atom is -0.394 e. The van der Waals surface area contributed by atoms with E-state index in [-0.39, 0.29) is 6.61 Å². The average molecular weight is 448 g/mol. The second-order valence-electron chi connectivity index (χ2n) is 8.22. The van der Waals surface area contributed by atoms with Crippen LogP contribution in [0.1, 0.15) is 117 Å². The summed E-state index contributed by atoms with van der Waals surface area (Å²) in [5, 5.41) is 21.5. The molecule has 0 amide bonds. The average Bonchev–Trinajstić information content (AvgIpc) is 2.79. The van der Waals surface area contributed by atoms with Crippen LogP contribution in [0, 0.1) is 0 Å². The molecule has 0 spiro atoms. The zero-order valence-electron chi connectivity index (χ0n) is 21.3. The monoisotopic (exact) mass is 447 g/mol. The van der Waals surface area contributed by atoms with E-state index in [9.17, 15) is 5.11 Å². The zero-order chi connectivity index (χ0) is 23.3. The molecule has 0 aromatic heterocycles. The van der Waals surface area contributed by atoms with Gasteiger partial charge in [0, 0.05) is 19.7 Å². The Labute approximate surface area is 194 Å². The van der Waals surface area contributed by atoms with E-state index in [0.717, 1.165) is 13.0 Å². The van der Waals surface area contributed by atoms with Gasteiger partial charge in [-0.3, -0.25) is 0 Å². The van der Waals surface area contributed by atoms with Crippen LogP contribution in [0.5, 0.6) is 0 Å². The van der Waals surface area contributed by atoms with Crippen LogP contribution in [0.15, 0.2) is 0 Å². The minimum absolute atomic E-state index is 0.0514. The maximum absolute atomic E-state index is 9.81. The van der Waals surface area contributed by atoms with Gasteiger partial charge >= 0.3 is 0 Å². The van der Waals surface area contributed by atoms with E-state index in [1.54, 1.807) is 0 Å². The van der Waals surface area contributed by atoms with Crippen molar-refractivity contribution in [3.63, 3.8) is 0 Å². The number of unbranched alkanes of at least 4 members (excludes halogenated alkanes) is 14. The number of hydrogen-bond acceptors (Lipinski definition) is 5. The molecule has 0 aromatic carbocycles. The molecule has 0 bridgehead atoms. The number of aliphatic hydroxyl groups excluding tert-OH is 2. The fraction of sp³-hybridized carbons (Fsp3) is 1.00. The van der Waals surface area contributed by atoms with E-state index in [4.69, 9.17) is 14.6 Å². The van der Waals surface area contributed by atoms with Crippen molar-refractivity contribution in [1.82, 2.24) is 5.32 Å². The van der Waals surface area contributed by atoms with Gasteiger partial charge in [0.25, 0.3) is 0 Å². The van der Waals surface area contributed by atoms with Crippen LogP contribution in [0.2, 0.25) is 0 Å². The number of aliphatic hydroxyl groups is 2. The summed E-state index contributed by atoms with van der Waals surface area (Å²) in [4.78, 5) is 0. The first kappa shape index (κ1) is 33.0. The highest BCUT2D eigenvalue weighted by Crippen LogP contribution is 2.13. The summed E-state index contributed by atoms with van der Waals surface area (Å²) in [6.45, 7) is 9.58. The molecule has 0 fully saturated rings. The molecule has 0 aliphatic rings. The van der Waals surface area contributed by atoms with Crippen molar-refractivity contribution in [2.75, 3.05) is 46.1 Å². The summed E-state index contributed by atoms with van der Waals surface area (Å²) in [5.74, 6) is 0.